The van der Waals surface area contributed by atoms with E-state index in [1.54, 1.807) is 12.1 Å². The number of aromatic carboxylic acids is 1. The molecular formula is C18H24N2O4. The molecule has 0 aromatic heterocycles. The SMILES string of the molecule is O=C(Cc1cccc(C(=O)O)c1)NCCCN1CCCCCC1=O. The zero-order valence-corrected chi connectivity index (χ0v) is 13.8. The minimum absolute atomic E-state index is 0.139. The molecule has 0 unspecified atom stereocenters. The highest BCUT2D eigenvalue weighted by Crippen LogP contribution is 2.11. The Balaban J connectivity index is 1.70. The Labute approximate surface area is 141 Å². The van der Waals surface area contributed by atoms with Gasteiger partial charge in [0.2, 0.25) is 11.8 Å². The molecule has 1 saturated heterocycles. The number of carbonyl (C=O) groups is 3. The summed E-state index contributed by atoms with van der Waals surface area (Å²) in [5.41, 5.74) is 0.857. The molecule has 1 aliphatic heterocycles. The molecule has 0 radical (unpaired) electrons. The van der Waals surface area contributed by atoms with Gasteiger partial charge in [0.15, 0.2) is 0 Å². The highest BCUT2D eigenvalue weighted by Gasteiger charge is 2.15. The van der Waals surface area contributed by atoms with Gasteiger partial charge in [0.05, 0.1) is 12.0 Å². The fourth-order valence-electron chi connectivity index (χ4n) is 2.83. The van der Waals surface area contributed by atoms with Crippen molar-refractivity contribution in [1.82, 2.24) is 10.2 Å². The van der Waals surface area contributed by atoms with Gasteiger partial charge in [0, 0.05) is 26.1 Å². The number of rotatable bonds is 7. The van der Waals surface area contributed by atoms with Crippen LogP contribution in [-0.4, -0.2) is 47.4 Å². The maximum absolute atomic E-state index is 11.9. The highest BCUT2D eigenvalue weighted by atomic mass is 16.4. The quantitative estimate of drug-likeness (QED) is 0.746. The lowest BCUT2D eigenvalue weighted by Gasteiger charge is -2.20. The predicted octanol–water partition coefficient (Wildman–Crippen LogP) is 1.84. The summed E-state index contributed by atoms with van der Waals surface area (Å²) in [6.07, 6.45) is 4.65. The third kappa shape index (κ3) is 5.68. The van der Waals surface area contributed by atoms with Crippen LogP contribution in [0.5, 0.6) is 0 Å². The molecule has 1 aromatic rings. The van der Waals surface area contributed by atoms with Gasteiger partial charge in [-0.25, -0.2) is 4.79 Å². The van der Waals surface area contributed by atoms with E-state index in [0.29, 0.717) is 25.1 Å². The maximum Gasteiger partial charge on any atom is 0.335 e. The smallest absolute Gasteiger partial charge is 0.335 e. The standard InChI is InChI=1S/C18H24N2O4/c21-16(13-14-6-4-7-15(12-14)18(23)24)19-9-5-11-20-10-3-1-2-8-17(20)22/h4,6-7,12H,1-3,5,8-11,13H2,(H,19,21)(H,23,24). The van der Waals surface area contributed by atoms with Crippen LogP contribution in [0.3, 0.4) is 0 Å². The van der Waals surface area contributed by atoms with E-state index in [9.17, 15) is 14.4 Å². The van der Waals surface area contributed by atoms with E-state index in [1.807, 2.05) is 4.90 Å². The van der Waals surface area contributed by atoms with Crippen LogP contribution in [0.15, 0.2) is 24.3 Å². The number of carboxylic acid groups (broad SMARTS) is 1. The first-order valence-corrected chi connectivity index (χ1v) is 8.43. The van der Waals surface area contributed by atoms with E-state index in [0.717, 1.165) is 32.2 Å². The van der Waals surface area contributed by atoms with Gasteiger partial charge in [-0.2, -0.15) is 0 Å². The summed E-state index contributed by atoms with van der Waals surface area (Å²) in [5.74, 6) is -0.927. The lowest BCUT2D eigenvalue weighted by atomic mass is 10.1. The van der Waals surface area contributed by atoms with Gasteiger partial charge in [-0.1, -0.05) is 18.6 Å². The van der Waals surface area contributed by atoms with Crippen molar-refractivity contribution in [3.05, 3.63) is 35.4 Å². The van der Waals surface area contributed by atoms with E-state index >= 15 is 0 Å². The molecule has 0 saturated carbocycles. The van der Waals surface area contributed by atoms with Gasteiger partial charge < -0.3 is 15.3 Å². The second kappa shape index (κ2) is 9.05. The van der Waals surface area contributed by atoms with Crippen LogP contribution in [0.4, 0.5) is 0 Å². The maximum atomic E-state index is 11.9. The van der Waals surface area contributed by atoms with Crippen molar-refractivity contribution >= 4 is 17.8 Å². The molecule has 1 heterocycles. The molecule has 24 heavy (non-hydrogen) atoms. The molecule has 130 valence electrons. The van der Waals surface area contributed by atoms with E-state index < -0.39 is 5.97 Å². The number of nitrogens with one attached hydrogen (secondary N) is 1. The average Bonchev–Trinajstić information content (AvgIpc) is 2.76. The molecule has 0 atom stereocenters. The molecular weight excluding hydrogens is 308 g/mol. The Morgan fingerprint density at radius 1 is 1.21 bits per heavy atom. The minimum atomic E-state index is -1.00. The summed E-state index contributed by atoms with van der Waals surface area (Å²) in [6, 6.07) is 6.39. The highest BCUT2D eigenvalue weighted by molar-refractivity contribution is 5.88. The van der Waals surface area contributed by atoms with Gasteiger partial charge >= 0.3 is 5.97 Å². The lowest BCUT2D eigenvalue weighted by molar-refractivity contribution is -0.130. The third-order valence-electron chi connectivity index (χ3n) is 4.14. The van der Waals surface area contributed by atoms with Crippen LogP contribution in [0.1, 0.15) is 48.0 Å². The van der Waals surface area contributed by atoms with Crippen molar-refractivity contribution in [2.45, 2.75) is 38.5 Å². The predicted molar refractivity (Wildman–Crippen MR) is 89.8 cm³/mol. The molecule has 0 bridgehead atoms. The van der Waals surface area contributed by atoms with E-state index in [4.69, 9.17) is 5.11 Å². The minimum Gasteiger partial charge on any atom is -0.478 e. The van der Waals surface area contributed by atoms with Gasteiger partial charge in [0.25, 0.3) is 0 Å². The van der Waals surface area contributed by atoms with Crippen LogP contribution in [0.25, 0.3) is 0 Å². The number of carbonyl (C=O) groups excluding carboxylic acids is 2. The van der Waals surface area contributed by atoms with Crippen LogP contribution in [-0.2, 0) is 16.0 Å². The van der Waals surface area contributed by atoms with Crippen molar-refractivity contribution in [3.8, 4) is 0 Å². The van der Waals surface area contributed by atoms with Crippen molar-refractivity contribution < 1.29 is 19.5 Å². The van der Waals surface area contributed by atoms with Crippen molar-refractivity contribution in [2.75, 3.05) is 19.6 Å². The Morgan fingerprint density at radius 2 is 2.04 bits per heavy atom. The number of benzene rings is 1. The molecule has 1 aromatic carbocycles. The van der Waals surface area contributed by atoms with Crippen LogP contribution >= 0.6 is 0 Å². The Morgan fingerprint density at radius 3 is 2.83 bits per heavy atom. The van der Waals surface area contributed by atoms with Crippen molar-refractivity contribution in [2.24, 2.45) is 0 Å². The van der Waals surface area contributed by atoms with Crippen LogP contribution in [0.2, 0.25) is 0 Å². The molecule has 1 aliphatic rings. The molecule has 2 rings (SSSR count). The first kappa shape index (κ1) is 18.0. The van der Waals surface area contributed by atoms with Gasteiger partial charge in [-0.15, -0.1) is 0 Å². The number of hydrogen-bond donors (Lipinski definition) is 2. The van der Waals surface area contributed by atoms with Crippen molar-refractivity contribution in [3.63, 3.8) is 0 Å². The Bertz CT molecular complexity index is 600. The topological polar surface area (TPSA) is 86.7 Å². The fourth-order valence-corrected chi connectivity index (χ4v) is 2.83. The zero-order valence-electron chi connectivity index (χ0n) is 13.8. The van der Waals surface area contributed by atoms with E-state index in [1.165, 1.54) is 12.1 Å². The largest absolute Gasteiger partial charge is 0.478 e. The first-order valence-electron chi connectivity index (χ1n) is 8.43. The summed E-state index contributed by atoms with van der Waals surface area (Å²) in [6.45, 7) is 2.00. The van der Waals surface area contributed by atoms with Gasteiger partial charge in [-0.05, 0) is 37.0 Å². The molecule has 0 spiro atoms. The van der Waals surface area contributed by atoms with Crippen LogP contribution < -0.4 is 5.32 Å². The summed E-state index contributed by atoms with van der Waals surface area (Å²) >= 11 is 0. The fraction of sp³-hybridized carbons (Fsp3) is 0.500. The summed E-state index contributed by atoms with van der Waals surface area (Å²) < 4.78 is 0. The molecule has 6 nitrogen and oxygen atoms in total. The van der Waals surface area contributed by atoms with Gasteiger partial charge in [-0.3, -0.25) is 9.59 Å². The number of amides is 2. The molecule has 1 fully saturated rings. The van der Waals surface area contributed by atoms with Crippen LogP contribution in [0, 0.1) is 0 Å². The lowest BCUT2D eigenvalue weighted by Crippen LogP contribution is -2.34. The number of carboxylic acids is 1. The Hall–Kier alpha value is -2.37. The molecule has 0 aliphatic carbocycles. The zero-order chi connectivity index (χ0) is 17.4. The second-order valence-corrected chi connectivity index (χ2v) is 6.08. The third-order valence-corrected chi connectivity index (χ3v) is 4.14. The second-order valence-electron chi connectivity index (χ2n) is 6.08. The first-order chi connectivity index (χ1) is 11.6. The number of likely N-dealkylation sites (tertiary alicyclic amines) is 1. The normalized spacial score (nSPS) is 15.0. The van der Waals surface area contributed by atoms with E-state index in [2.05, 4.69) is 5.32 Å². The summed E-state index contributed by atoms with van der Waals surface area (Å²) in [7, 11) is 0. The molecule has 2 amide bonds. The van der Waals surface area contributed by atoms with Crippen molar-refractivity contribution in [1.29, 1.82) is 0 Å². The summed E-state index contributed by atoms with van der Waals surface area (Å²) in [4.78, 5) is 36.6. The Kier molecular flexibility index (Phi) is 6.78. The average molecular weight is 332 g/mol. The van der Waals surface area contributed by atoms with Gasteiger partial charge in [0.1, 0.15) is 0 Å². The van der Waals surface area contributed by atoms with E-state index in [-0.39, 0.29) is 23.8 Å². The summed E-state index contributed by atoms with van der Waals surface area (Å²) in [5, 5.41) is 11.8. The molecule has 2 N–H and O–H groups in total. The molecule has 6 heteroatoms. The number of hydrogen-bond acceptors (Lipinski definition) is 3. The number of nitrogens with zero attached hydrogens (tertiary/aromatic N) is 1. The monoisotopic (exact) mass is 332 g/mol.